The number of nitrogens with zero attached hydrogens (tertiary/aromatic N) is 3. The summed E-state index contributed by atoms with van der Waals surface area (Å²) in [4.78, 5) is 53.1. The van der Waals surface area contributed by atoms with Crippen LogP contribution in [0.15, 0.2) is 66.0 Å². The summed E-state index contributed by atoms with van der Waals surface area (Å²) in [5.74, 6) is -2.13. The van der Waals surface area contributed by atoms with E-state index in [0.29, 0.717) is 21.0 Å². The molecule has 4 rings (SSSR count). The number of rotatable bonds is 10. The molecule has 0 atom stereocenters. The number of aliphatic hydroxyl groups excluding tert-OH is 1. The Hall–Kier alpha value is -4.75. The molecule has 2 aliphatic rings. The lowest BCUT2D eigenvalue weighted by atomic mass is 9.84. The van der Waals surface area contributed by atoms with Gasteiger partial charge >= 0.3 is 5.97 Å². The first-order valence-electron chi connectivity index (χ1n) is 14.3. The number of thiocarbonyl (C=S) groups is 1. The highest BCUT2D eigenvalue weighted by Crippen LogP contribution is 2.37. The molecular formula is C33H36N5O6S2+. The van der Waals surface area contributed by atoms with Gasteiger partial charge in [0.15, 0.2) is 0 Å². The minimum absolute atomic E-state index is 0.0430. The minimum atomic E-state index is -1.19. The van der Waals surface area contributed by atoms with Gasteiger partial charge in [0.05, 0.1) is 17.4 Å². The second kappa shape index (κ2) is 14.6. The molecule has 0 saturated carbocycles. The van der Waals surface area contributed by atoms with Gasteiger partial charge in [-0.2, -0.15) is 0 Å². The number of amides is 3. The molecule has 13 heteroatoms. The van der Waals surface area contributed by atoms with Gasteiger partial charge in [-0.1, -0.05) is 30.0 Å². The predicted octanol–water partition coefficient (Wildman–Crippen LogP) is 2.99. The van der Waals surface area contributed by atoms with Crippen molar-refractivity contribution in [1.29, 1.82) is 0 Å². The molecule has 4 N–H and O–H groups in total. The van der Waals surface area contributed by atoms with Crippen LogP contribution in [0.1, 0.15) is 37.4 Å². The van der Waals surface area contributed by atoms with Gasteiger partial charge in [-0.3, -0.25) is 19.3 Å². The Balaban J connectivity index is 1.67. The Morgan fingerprint density at radius 2 is 1.72 bits per heavy atom. The lowest BCUT2D eigenvalue weighted by Crippen LogP contribution is -2.42. The molecule has 46 heavy (non-hydrogen) atoms. The third kappa shape index (κ3) is 7.72. The SMILES string of the molecule is Cc1cc(N(C)C)ccc1/C(=C1/C=CC(=[N+](C)C)C=C1O)c1cc(C(=O)NCCNC(=O)CN2C(=O)CSC2=S)ccc1C(=O)O. The Bertz CT molecular complexity index is 1740. The number of carbonyl (C=O) groups excluding carboxylic acids is 3. The number of hydrogen-bond acceptors (Lipinski definition) is 8. The topological polar surface area (TPSA) is 142 Å². The zero-order valence-corrected chi connectivity index (χ0v) is 27.8. The maximum absolute atomic E-state index is 13.2. The standard InChI is InChI=1S/C33H35N5O6S2/c1-19-14-21(36(2)3)7-10-23(19)30(25-11-8-22(37(4)5)16-27(25)39)26-15-20(6-9-24(26)32(43)44)31(42)35-13-12-34-28(40)17-38-29(41)18-46-33(38)45/h6-11,14-16H,12-13,17-18H2,1-5H3,(H3,34,35,40,42,43,44)/p+1/b30-25+. The predicted molar refractivity (Wildman–Crippen MR) is 184 cm³/mol. The van der Waals surface area contributed by atoms with Crippen LogP contribution in [0.3, 0.4) is 0 Å². The zero-order valence-electron chi connectivity index (χ0n) is 26.2. The summed E-state index contributed by atoms with van der Waals surface area (Å²) in [7, 11) is 7.54. The number of carboxylic acids is 1. The summed E-state index contributed by atoms with van der Waals surface area (Å²) < 4.78 is 2.20. The van der Waals surface area contributed by atoms with Crippen molar-refractivity contribution in [1.82, 2.24) is 15.5 Å². The number of carbonyl (C=O) groups is 4. The van der Waals surface area contributed by atoms with E-state index in [4.69, 9.17) is 12.2 Å². The Kier molecular flexibility index (Phi) is 10.8. The van der Waals surface area contributed by atoms with E-state index < -0.39 is 17.8 Å². The lowest BCUT2D eigenvalue weighted by Gasteiger charge is -2.21. The van der Waals surface area contributed by atoms with Crippen molar-refractivity contribution in [3.05, 3.63) is 93.8 Å². The van der Waals surface area contributed by atoms with Crippen molar-refractivity contribution >= 4 is 69.0 Å². The van der Waals surface area contributed by atoms with Gasteiger partial charge in [0.2, 0.25) is 17.5 Å². The number of aliphatic hydroxyl groups is 1. The van der Waals surface area contributed by atoms with E-state index in [-0.39, 0.29) is 53.7 Å². The molecule has 0 spiro atoms. The molecule has 1 aliphatic carbocycles. The fraction of sp³-hybridized carbons (Fsp3) is 0.273. The summed E-state index contributed by atoms with van der Waals surface area (Å²) in [5.41, 5.74) is 4.50. The number of nitrogens with one attached hydrogen (secondary N) is 2. The van der Waals surface area contributed by atoms with Crippen molar-refractivity contribution < 1.29 is 34.0 Å². The highest BCUT2D eigenvalue weighted by molar-refractivity contribution is 8.23. The molecule has 0 radical (unpaired) electrons. The number of aromatic carboxylic acids is 1. The minimum Gasteiger partial charge on any atom is -0.507 e. The lowest BCUT2D eigenvalue weighted by molar-refractivity contribution is -0.462. The van der Waals surface area contributed by atoms with Crippen LogP contribution in [0.25, 0.3) is 5.57 Å². The fourth-order valence-corrected chi connectivity index (χ4v) is 6.01. The number of thioether (sulfide) groups is 1. The van der Waals surface area contributed by atoms with Crippen molar-refractivity contribution in [3.63, 3.8) is 0 Å². The summed E-state index contributed by atoms with van der Waals surface area (Å²) in [5, 5.41) is 26.8. The van der Waals surface area contributed by atoms with Crippen molar-refractivity contribution in [2.24, 2.45) is 0 Å². The largest absolute Gasteiger partial charge is 0.507 e. The van der Waals surface area contributed by atoms with Gasteiger partial charge in [-0.15, -0.1) is 0 Å². The fourth-order valence-electron chi connectivity index (χ4n) is 4.94. The molecule has 0 unspecified atom stereocenters. The average molecular weight is 663 g/mol. The number of benzene rings is 2. The van der Waals surface area contributed by atoms with Gasteiger partial charge in [-0.25, -0.2) is 9.37 Å². The van der Waals surface area contributed by atoms with Crippen molar-refractivity contribution in [3.8, 4) is 0 Å². The zero-order chi connectivity index (χ0) is 33.7. The molecule has 0 aromatic heterocycles. The van der Waals surface area contributed by atoms with Crippen LogP contribution in [0.4, 0.5) is 5.69 Å². The maximum atomic E-state index is 13.2. The first-order valence-corrected chi connectivity index (χ1v) is 15.7. The second-order valence-electron chi connectivity index (χ2n) is 11.1. The van der Waals surface area contributed by atoms with Gasteiger partial charge in [0.1, 0.15) is 30.7 Å². The van der Waals surface area contributed by atoms with Crippen LogP contribution >= 0.6 is 24.0 Å². The maximum Gasteiger partial charge on any atom is 0.336 e. The van der Waals surface area contributed by atoms with E-state index in [2.05, 4.69) is 10.6 Å². The van der Waals surface area contributed by atoms with Gasteiger partial charge in [-0.05, 0) is 60.0 Å². The third-order valence-corrected chi connectivity index (χ3v) is 8.85. The molecule has 1 heterocycles. The van der Waals surface area contributed by atoms with Crippen molar-refractivity contribution in [2.75, 3.05) is 58.5 Å². The second-order valence-corrected chi connectivity index (χ2v) is 12.7. The van der Waals surface area contributed by atoms with Crippen LogP contribution in [-0.4, -0.2) is 107 Å². The number of allylic oxidation sites excluding steroid dienone is 3. The van der Waals surface area contributed by atoms with Crippen LogP contribution < -0.4 is 15.5 Å². The third-order valence-electron chi connectivity index (χ3n) is 7.42. The molecule has 1 saturated heterocycles. The summed E-state index contributed by atoms with van der Waals surface area (Å²) >= 11 is 6.30. The van der Waals surface area contributed by atoms with E-state index in [1.54, 1.807) is 12.2 Å². The molecular weight excluding hydrogens is 627 g/mol. The van der Waals surface area contributed by atoms with Gasteiger partial charge < -0.3 is 25.7 Å². The normalized spacial score (nSPS) is 15.5. The van der Waals surface area contributed by atoms with Gasteiger partial charge in [0.25, 0.3) is 5.91 Å². The van der Waals surface area contributed by atoms with Crippen LogP contribution in [-0.2, 0) is 9.59 Å². The van der Waals surface area contributed by atoms with E-state index in [1.807, 2.05) is 68.9 Å². The molecule has 1 fully saturated rings. The smallest absolute Gasteiger partial charge is 0.336 e. The van der Waals surface area contributed by atoms with E-state index in [9.17, 15) is 29.4 Å². The molecule has 1 aliphatic heterocycles. The van der Waals surface area contributed by atoms with E-state index >= 15 is 0 Å². The van der Waals surface area contributed by atoms with Crippen LogP contribution in [0.5, 0.6) is 0 Å². The first kappa shape index (κ1) is 34.1. The molecule has 0 bridgehead atoms. The highest BCUT2D eigenvalue weighted by atomic mass is 32.2. The summed E-state index contributed by atoms with van der Waals surface area (Å²) in [6.07, 6.45) is 5.17. The molecule has 3 amide bonds. The highest BCUT2D eigenvalue weighted by Gasteiger charge is 2.28. The molecule has 11 nitrogen and oxygen atoms in total. The molecule has 240 valence electrons. The Morgan fingerprint density at radius 1 is 1.02 bits per heavy atom. The number of carboxylic acid groups (broad SMARTS) is 1. The summed E-state index contributed by atoms with van der Waals surface area (Å²) in [6.45, 7) is 1.91. The first-order chi connectivity index (χ1) is 21.8. The van der Waals surface area contributed by atoms with Crippen LogP contribution in [0, 0.1) is 6.92 Å². The van der Waals surface area contributed by atoms with Crippen LogP contribution in [0.2, 0.25) is 0 Å². The number of aryl methyl sites for hydroxylation is 1. The average Bonchev–Trinajstić information content (AvgIpc) is 3.32. The molecule has 2 aromatic carbocycles. The Labute approximate surface area is 277 Å². The quantitative estimate of drug-likeness (QED) is 0.172. The number of hydrogen-bond donors (Lipinski definition) is 4. The summed E-state index contributed by atoms with van der Waals surface area (Å²) in [6, 6.07) is 10.1. The Morgan fingerprint density at radius 3 is 2.30 bits per heavy atom. The van der Waals surface area contributed by atoms with E-state index in [1.165, 1.54) is 34.9 Å². The number of anilines is 1. The monoisotopic (exact) mass is 662 g/mol. The molecule has 2 aromatic rings. The van der Waals surface area contributed by atoms with E-state index in [0.717, 1.165) is 17.0 Å². The van der Waals surface area contributed by atoms with Gasteiger partial charge in [0, 0.05) is 55.7 Å². The van der Waals surface area contributed by atoms with Crippen molar-refractivity contribution in [2.45, 2.75) is 6.92 Å².